The minimum Gasteiger partial charge on any atom is -0.387 e. The number of aliphatic hydroxyl groups is 2. The summed E-state index contributed by atoms with van der Waals surface area (Å²) in [5.41, 5.74) is 10.1. The molecule has 10 N–H and O–H groups in total. The van der Waals surface area contributed by atoms with Gasteiger partial charge in [0, 0.05) is 0 Å². The number of aromatic nitrogens is 4. The third-order valence-corrected chi connectivity index (χ3v) is 5.97. The summed E-state index contributed by atoms with van der Waals surface area (Å²) in [6.45, 7) is -0.932. The Kier molecular flexibility index (Phi) is 5.57. The third kappa shape index (κ3) is 4.49. The summed E-state index contributed by atoms with van der Waals surface area (Å²) in [6.07, 6.45) is -6.51. The van der Waals surface area contributed by atoms with Crippen LogP contribution in [0.2, 0.25) is 0 Å². The van der Waals surface area contributed by atoms with Crippen molar-refractivity contribution < 1.29 is 47.6 Å². The quantitative estimate of drug-likeness (QED) is 0.202. The zero-order valence-electron chi connectivity index (χ0n) is 14.1. The van der Waals surface area contributed by atoms with Crippen LogP contribution < -0.4 is 17.2 Å². The maximum absolute atomic E-state index is 12.3. The molecule has 0 radical (unpaired) electrons. The molecule has 0 saturated carbocycles. The van der Waals surface area contributed by atoms with Gasteiger partial charge in [0.2, 0.25) is 5.95 Å². The molecule has 1 saturated heterocycles. The fraction of sp³-hybridized carbons (Fsp3) is 0.500. The Labute approximate surface area is 159 Å². The lowest BCUT2D eigenvalue weighted by Gasteiger charge is -2.17. The van der Waals surface area contributed by atoms with Crippen molar-refractivity contribution >= 4 is 38.6 Å². The van der Waals surface area contributed by atoms with Gasteiger partial charge >= 0.3 is 21.3 Å². The predicted octanol–water partition coefficient (Wildman–Crippen LogP) is -2.87. The Bertz CT molecular complexity index is 1080. The summed E-state index contributed by atoms with van der Waals surface area (Å²) >= 11 is 0. The first kappa shape index (κ1) is 21.8. The van der Waals surface area contributed by atoms with Gasteiger partial charge in [-0.25, -0.2) is 18.5 Å². The number of phosphoric acid groups is 2. The number of nitrogens with two attached hydrogens (primary N) is 2. The number of hydrogen-bond donors (Lipinski definition) is 8. The van der Waals surface area contributed by atoms with Crippen LogP contribution >= 0.6 is 15.6 Å². The van der Waals surface area contributed by atoms with Gasteiger partial charge in [0.25, 0.3) is 0 Å². The minimum absolute atomic E-state index is 0.0101. The van der Waals surface area contributed by atoms with Crippen LogP contribution in [-0.4, -0.2) is 69.3 Å². The molecule has 2 aromatic rings. The predicted molar refractivity (Wildman–Crippen MR) is 91.8 cm³/mol. The van der Waals surface area contributed by atoms with E-state index in [9.17, 15) is 29.0 Å². The number of ether oxygens (including phenoxy) is 1. The zero-order valence-corrected chi connectivity index (χ0v) is 15.9. The SMILES string of the molecule is Nc1nc(N)c2[nH]c(=O)n([C@@H]3O[C@H](COP(=O)(O)OP(=O)(O)O)[C@@H](O)[C@H]3O)c2n1. The highest BCUT2D eigenvalue weighted by Gasteiger charge is 2.46. The molecule has 1 aliphatic rings. The number of aromatic amines is 1. The van der Waals surface area contributed by atoms with Crippen LogP contribution in [-0.2, 0) is 22.7 Å². The standard InChI is InChI=1S/C10H16N6O11P2/c11-6-3-7(15-9(12)14-6)16(10(19)13-3)8-5(18)4(17)2(26-8)1-25-29(23,24)27-28(20,21)22/h2,4-5,8,17-18H,1H2,(H,13,19)(H,23,24)(H2,20,21,22)(H4,11,12,14,15)/t2-,4-,5-,8-/m1/s1. The van der Waals surface area contributed by atoms with Gasteiger partial charge in [0.1, 0.15) is 23.8 Å². The average molecular weight is 458 g/mol. The summed E-state index contributed by atoms with van der Waals surface area (Å²) in [5.74, 6) is -0.446. The highest BCUT2D eigenvalue weighted by atomic mass is 31.3. The lowest BCUT2D eigenvalue weighted by molar-refractivity contribution is -0.0517. The maximum Gasteiger partial charge on any atom is 0.481 e. The Morgan fingerprint density at radius 1 is 1.17 bits per heavy atom. The molecule has 29 heavy (non-hydrogen) atoms. The van der Waals surface area contributed by atoms with Crippen molar-refractivity contribution in [3.63, 3.8) is 0 Å². The number of imidazole rings is 1. The number of nitrogens with zero attached hydrogens (tertiary/aromatic N) is 3. The van der Waals surface area contributed by atoms with E-state index in [1.165, 1.54) is 0 Å². The van der Waals surface area contributed by atoms with E-state index in [2.05, 4.69) is 23.8 Å². The molecular weight excluding hydrogens is 442 g/mol. The van der Waals surface area contributed by atoms with Gasteiger partial charge in [0.05, 0.1) is 6.61 Å². The summed E-state index contributed by atoms with van der Waals surface area (Å²) in [6, 6.07) is 0. The lowest BCUT2D eigenvalue weighted by atomic mass is 10.1. The van der Waals surface area contributed by atoms with E-state index in [-0.39, 0.29) is 22.9 Å². The van der Waals surface area contributed by atoms with Gasteiger partial charge in [-0.2, -0.15) is 14.3 Å². The van der Waals surface area contributed by atoms with Gasteiger partial charge in [-0.3, -0.25) is 4.52 Å². The van der Waals surface area contributed by atoms with Gasteiger partial charge in [0.15, 0.2) is 17.7 Å². The van der Waals surface area contributed by atoms with Crippen molar-refractivity contribution in [3.8, 4) is 0 Å². The lowest BCUT2D eigenvalue weighted by Crippen LogP contribution is -2.35. The van der Waals surface area contributed by atoms with Crippen LogP contribution in [0.5, 0.6) is 0 Å². The molecule has 5 atom stereocenters. The van der Waals surface area contributed by atoms with Gasteiger partial charge in [-0.05, 0) is 0 Å². The number of H-pyrrole nitrogens is 1. The molecule has 1 unspecified atom stereocenters. The molecular formula is C10H16N6O11P2. The second kappa shape index (κ2) is 7.41. The smallest absolute Gasteiger partial charge is 0.387 e. The number of nitrogens with one attached hydrogen (secondary N) is 1. The van der Waals surface area contributed by atoms with E-state index in [4.69, 9.17) is 26.0 Å². The molecule has 0 aromatic carbocycles. The monoisotopic (exact) mass is 458 g/mol. The first-order valence-electron chi connectivity index (χ1n) is 7.58. The number of aliphatic hydroxyl groups excluding tert-OH is 2. The number of nitrogen functional groups attached to an aromatic ring is 2. The van der Waals surface area contributed by atoms with E-state index in [1.807, 2.05) is 0 Å². The number of fused-ring (bicyclic) bond motifs is 1. The summed E-state index contributed by atoms with van der Waals surface area (Å²) in [4.78, 5) is 48.5. The second-order valence-electron chi connectivity index (χ2n) is 5.85. The van der Waals surface area contributed by atoms with E-state index in [0.717, 1.165) is 4.57 Å². The van der Waals surface area contributed by atoms with Crippen LogP contribution in [0.25, 0.3) is 11.2 Å². The third-order valence-electron chi connectivity index (χ3n) is 3.82. The maximum atomic E-state index is 12.3. The molecule has 0 aliphatic carbocycles. The van der Waals surface area contributed by atoms with Crippen molar-refractivity contribution in [1.29, 1.82) is 0 Å². The molecule has 2 aromatic heterocycles. The van der Waals surface area contributed by atoms with Gasteiger partial charge in [-0.15, -0.1) is 0 Å². The summed E-state index contributed by atoms with van der Waals surface area (Å²) < 4.78 is 36.2. The van der Waals surface area contributed by atoms with Crippen molar-refractivity contribution in [2.75, 3.05) is 18.1 Å². The fourth-order valence-electron chi connectivity index (χ4n) is 2.68. The number of anilines is 2. The van der Waals surface area contributed by atoms with E-state index >= 15 is 0 Å². The van der Waals surface area contributed by atoms with Crippen LogP contribution in [0.15, 0.2) is 4.79 Å². The fourth-order valence-corrected chi connectivity index (χ4v) is 4.28. The number of phosphoric ester groups is 1. The summed E-state index contributed by atoms with van der Waals surface area (Å²) in [5, 5.41) is 20.3. The van der Waals surface area contributed by atoms with Crippen molar-refractivity contribution in [2.45, 2.75) is 24.5 Å². The Morgan fingerprint density at radius 2 is 1.83 bits per heavy atom. The Hall–Kier alpha value is -1.91. The van der Waals surface area contributed by atoms with Crippen LogP contribution in [0, 0.1) is 0 Å². The van der Waals surface area contributed by atoms with Gasteiger partial charge < -0.3 is 46.1 Å². The first-order chi connectivity index (χ1) is 13.3. The highest BCUT2D eigenvalue weighted by molar-refractivity contribution is 7.60. The largest absolute Gasteiger partial charge is 0.481 e. The molecule has 3 heterocycles. The van der Waals surface area contributed by atoms with Crippen molar-refractivity contribution in [3.05, 3.63) is 10.5 Å². The molecule has 0 bridgehead atoms. The van der Waals surface area contributed by atoms with Crippen molar-refractivity contribution in [2.24, 2.45) is 0 Å². The summed E-state index contributed by atoms with van der Waals surface area (Å²) in [7, 11) is -10.6. The Morgan fingerprint density at radius 3 is 2.45 bits per heavy atom. The van der Waals surface area contributed by atoms with Gasteiger partial charge in [-0.1, -0.05) is 0 Å². The van der Waals surface area contributed by atoms with E-state index < -0.39 is 52.5 Å². The molecule has 0 spiro atoms. The molecule has 162 valence electrons. The minimum atomic E-state index is -5.35. The molecule has 17 nitrogen and oxygen atoms in total. The molecule has 19 heteroatoms. The van der Waals surface area contributed by atoms with E-state index in [0.29, 0.717) is 0 Å². The molecule has 1 fully saturated rings. The molecule has 0 amide bonds. The highest BCUT2D eigenvalue weighted by Crippen LogP contribution is 2.57. The normalized spacial score (nSPS) is 27.3. The number of rotatable bonds is 6. The molecule has 1 aliphatic heterocycles. The topological polar surface area (TPSA) is 279 Å². The molecule has 3 rings (SSSR count). The van der Waals surface area contributed by atoms with Crippen LogP contribution in [0.4, 0.5) is 11.8 Å². The van der Waals surface area contributed by atoms with E-state index in [1.54, 1.807) is 0 Å². The first-order valence-corrected chi connectivity index (χ1v) is 10.6. The zero-order chi connectivity index (χ0) is 21.7. The van der Waals surface area contributed by atoms with Crippen LogP contribution in [0.1, 0.15) is 6.23 Å². The number of hydrogen-bond acceptors (Lipinski definition) is 12. The van der Waals surface area contributed by atoms with Crippen molar-refractivity contribution in [1.82, 2.24) is 19.5 Å². The van der Waals surface area contributed by atoms with Crippen LogP contribution in [0.3, 0.4) is 0 Å². The second-order valence-corrected chi connectivity index (χ2v) is 8.68. The Balaban J connectivity index is 1.85. The average Bonchev–Trinajstić information content (AvgIpc) is 3.01.